The fourth-order valence-corrected chi connectivity index (χ4v) is 4.16. The van der Waals surface area contributed by atoms with Crippen molar-refractivity contribution in [3.8, 4) is 0 Å². The van der Waals surface area contributed by atoms with Crippen LogP contribution in [0.2, 0.25) is 0 Å². The Bertz CT molecular complexity index is 557. The lowest BCUT2D eigenvalue weighted by Gasteiger charge is -2.34. The first kappa shape index (κ1) is 17.4. The molecule has 1 amide bonds. The fourth-order valence-electron chi connectivity index (χ4n) is 4.16. The van der Waals surface area contributed by atoms with Crippen LogP contribution in [0.5, 0.6) is 0 Å². The van der Waals surface area contributed by atoms with Crippen molar-refractivity contribution in [1.82, 2.24) is 19.9 Å². The molecule has 0 radical (unpaired) electrons. The first-order valence-corrected chi connectivity index (χ1v) is 9.43. The molecule has 24 heavy (non-hydrogen) atoms. The van der Waals surface area contributed by atoms with Gasteiger partial charge in [0.2, 0.25) is 11.8 Å². The molecular weight excluding hydrogens is 304 g/mol. The van der Waals surface area contributed by atoms with Crippen LogP contribution in [0.1, 0.15) is 64.6 Å². The molecule has 134 valence electrons. The van der Waals surface area contributed by atoms with Crippen molar-refractivity contribution >= 4 is 5.91 Å². The summed E-state index contributed by atoms with van der Waals surface area (Å²) in [5.41, 5.74) is 0. The summed E-state index contributed by atoms with van der Waals surface area (Å²) in [5, 5.41) is 4.16. The van der Waals surface area contributed by atoms with E-state index in [0.717, 1.165) is 57.0 Å². The number of carbonyl (C=O) groups is 1. The SMILES string of the molecule is CCC(=O)N1CCC[C@@H]1[C@H]1CCCN1Cc1noc(CC(C)C)n1. The third-order valence-corrected chi connectivity index (χ3v) is 5.22. The second-order valence-electron chi connectivity index (χ2n) is 7.53. The molecule has 6 heteroatoms. The molecule has 6 nitrogen and oxygen atoms in total. The highest BCUT2D eigenvalue weighted by Gasteiger charge is 2.39. The Balaban J connectivity index is 1.65. The zero-order chi connectivity index (χ0) is 17.1. The van der Waals surface area contributed by atoms with Crippen LogP contribution in [0.15, 0.2) is 4.52 Å². The fraction of sp³-hybridized carbons (Fsp3) is 0.833. The van der Waals surface area contributed by atoms with Crippen LogP contribution in [0.25, 0.3) is 0 Å². The smallest absolute Gasteiger partial charge is 0.226 e. The molecule has 0 unspecified atom stereocenters. The van der Waals surface area contributed by atoms with E-state index in [1.807, 2.05) is 6.92 Å². The summed E-state index contributed by atoms with van der Waals surface area (Å²) in [7, 11) is 0. The van der Waals surface area contributed by atoms with Gasteiger partial charge in [-0.05, 0) is 38.1 Å². The third kappa shape index (κ3) is 3.79. The number of carbonyl (C=O) groups excluding carboxylic acids is 1. The van der Waals surface area contributed by atoms with Gasteiger partial charge in [-0.2, -0.15) is 4.98 Å². The predicted molar refractivity (Wildman–Crippen MR) is 91.3 cm³/mol. The summed E-state index contributed by atoms with van der Waals surface area (Å²) in [5.74, 6) is 2.33. The van der Waals surface area contributed by atoms with Gasteiger partial charge in [0, 0.05) is 31.5 Å². The van der Waals surface area contributed by atoms with Crippen molar-refractivity contribution in [1.29, 1.82) is 0 Å². The molecule has 2 fully saturated rings. The van der Waals surface area contributed by atoms with Crippen molar-refractivity contribution in [2.45, 2.75) is 77.9 Å². The molecule has 2 saturated heterocycles. The zero-order valence-corrected chi connectivity index (χ0v) is 15.2. The topological polar surface area (TPSA) is 62.5 Å². The molecule has 2 aliphatic rings. The molecule has 0 N–H and O–H groups in total. The standard InChI is InChI=1S/C18H30N4O2/c1-4-18(23)22-10-6-8-15(22)14-7-5-9-21(14)12-16-19-17(24-20-16)11-13(2)3/h13-15H,4-12H2,1-3H3/t14-,15-/m1/s1. The molecule has 3 heterocycles. The molecule has 0 aliphatic carbocycles. The number of likely N-dealkylation sites (tertiary alicyclic amines) is 2. The molecule has 0 saturated carbocycles. The summed E-state index contributed by atoms with van der Waals surface area (Å²) < 4.78 is 5.37. The Morgan fingerprint density at radius 1 is 1.25 bits per heavy atom. The van der Waals surface area contributed by atoms with Gasteiger partial charge >= 0.3 is 0 Å². The maximum absolute atomic E-state index is 12.2. The minimum absolute atomic E-state index is 0.295. The third-order valence-electron chi connectivity index (χ3n) is 5.22. The van der Waals surface area contributed by atoms with Gasteiger partial charge in [0.05, 0.1) is 6.54 Å². The van der Waals surface area contributed by atoms with E-state index in [-0.39, 0.29) is 0 Å². The quantitative estimate of drug-likeness (QED) is 0.800. The second kappa shape index (κ2) is 7.64. The summed E-state index contributed by atoms with van der Waals surface area (Å²) in [6.45, 7) is 8.97. The van der Waals surface area contributed by atoms with Crippen LogP contribution in [0.4, 0.5) is 0 Å². The van der Waals surface area contributed by atoms with Gasteiger partial charge in [0.1, 0.15) is 0 Å². The number of hydrogen-bond donors (Lipinski definition) is 0. The number of rotatable bonds is 6. The first-order valence-electron chi connectivity index (χ1n) is 9.43. The Hall–Kier alpha value is -1.43. The Morgan fingerprint density at radius 2 is 2.00 bits per heavy atom. The highest BCUT2D eigenvalue weighted by atomic mass is 16.5. The largest absolute Gasteiger partial charge is 0.339 e. The normalized spacial score (nSPS) is 25.1. The van der Waals surface area contributed by atoms with Gasteiger partial charge < -0.3 is 9.42 Å². The monoisotopic (exact) mass is 334 g/mol. The molecule has 2 aliphatic heterocycles. The summed E-state index contributed by atoms with van der Waals surface area (Å²) in [4.78, 5) is 21.3. The minimum Gasteiger partial charge on any atom is -0.339 e. The second-order valence-corrected chi connectivity index (χ2v) is 7.53. The van der Waals surface area contributed by atoms with Gasteiger partial charge in [-0.3, -0.25) is 9.69 Å². The van der Waals surface area contributed by atoms with Gasteiger partial charge in [-0.25, -0.2) is 0 Å². The highest BCUT2D eigenvalue weighted by molar-refractivity contribution is 5.76. The van der Waals surface area contributed by atoms with E-state index in [2.05, 4.69) is 33.8 Å². The van der Waals surface area contributed by atoms with E-state index in [1.165, 1.54) is 6.42 Å². The van der Waals surface area contributed by atoms with E-state index in [0.29, 0.717) is 30.3 Å². The van der Waals surface area contributed by atoms with Gasteiger partial charge in [0.15, 0.2) is 5.82 Å². The Morgan fingerprint density at radius 3 is 2.75 bits per heavy atom. The van der Waals surface area contributed by atoms with Gasteiger partial charge in [-0.15, -0.1) is 0 Å². The molecule has 0 spiro atoms. The number of hydrogen-bond acceptors (Lipinski definition) is 5. The van der Waals surface area contributed by atoms with Crippen molar-refractivity contribution < 1.29 is 9.32 Å². The van der Waals surface area contributed by atoms with Crippen LogP contribution >= 0.6 is 0 Å². The lowest BCUT2D eigenvalue weighted by molar-refractivity contribution is -0.132. The average molecular weight is 334 g/mol. The predicted octanol–water partition coefficient (Wildman–Crippen LogP) is 2.63. The summed E-state index contributed by atoms with van der Waals surface area (Å²) >= 11 is 0. The maximum Gasteiger partial charge on any atom is 0.226 e. The Labute approximate surface area is 144 Å². The molecule has 2 atom stereocenters. The first-order chi connectivity index (χ1) is 11.6. The molecule has 0 aromatic carbocycles. The maximum atomic E-state index is 12.2. The average Bonchev–Trinajstić information content (AvgIpc) is 3.26. The molecular formula is C18H30N4O2. The summed E-state index contributed by atoms with van der Waals surface area (Å²) in [6, 6.07) is 0.803. The van der Waals surface area contributed by atoms with E-state index in [4.69, 9.17) is 4.52 Å². The molecule has 3 rings (SSSR count). The van der Waals surface area contributed by atoms with Gasteiger partial charge in [-0.1, -0.05) is 25.9 Å². The van der Waals surface area contributed by atoms with Crippen molar-refractivity contribution in [3.05, 3.63) is 11.7 Å². The molecule has 0 bridgehead atoms. The van der Waals surface area contributed by atoms with Crippen molar-refractivity contribution in [2.75, 3.05) is 13.1 Å². The van der Waals surface area contributed by atoms with E-state index in [1.54, 1.807) is 0 Å². The van der Waals surface area contributed by atoms with Crippen LogP contribution in [-0.2, 0) is 17.8 Å². The molecule has 1 aromatic rings. The van der Waals surface area contributed by atoms with E-state index >= 15 is 0 Å². The number of amides is 1. The lowest BCUT2D eigenvalue weighted by Crippen LogP contribution is -2.48. The van der Waals surface area contributed by atoms with Crippen molar-refractivity contribution in [2.24, 2.45) is 5.92 Å². The van der Waals surface area contributed by atoms with E-state index in [9.17, 15) is 4.79 Å². The molecule has 1 aromatic heterocycles. The van der Waals surface area contributed by atoms with Crippen LogP contribution in [0, 0.1) is 5.92 Å². The van der Waals surface area contributed by atoms with E-state index < -0.39 is 0 Å². The number of nitrogens with zero attached hydrogens (tertiary/aromatic N) is 4. The minimum atomic E-state index is 0.295. The summed E-state index contributed by atoms with van der Waals surface area (Å²) in [6.07, 6.45) is 6.03. The van der Waals surface area contributed by atoms with Crippen LogP contribution in [-0.4, -0.2) is 51.0 Å². The van der Waals surface area contributed by atoms with Crippen molar-refractivity contribution in [3.63, 3.8) is 0 Å². The highest BCUT2D eigenvalue weighted by Crippen LogP contribution is 2.31. The van der Waals surface area contributed by atoms with Crippen LogP contribution < -0.4 is 0 Å². The van der Waals surface area contributed by atoms with Crippen LogP contribution in [0.3, 0.4) is 0 Å². The lowest BCUT2D eigenvalue weighted by atomic mass is 10.0. The Kier molecular flexibility index (Phi) is 5.54. The van der Waals surface area contributed by atoms with Gasteiger partial charge in [0.25, 0.3) is 0 Å². The number of aromatic nitrogens is 2. The zero-order valence-electron chi connectivity index (χ0n) is 15.2.